The van der Waals surface area contributed by atoms with Crippen molar-refractivity contribution in [1.82, 2.24) is 9.62 Å². The van der Waals surface area contributed by atoms with Gasteiger partial charge in [0.25, 0.3) is 0 Å². The molecule has 1 heterocycles. The summed E-state index contributed by atoms with van der Waals surface area (Å²) in [6, 6.07) is 15.7. The van der Waals surface area contributed by atoms with Crippen molar-refractivity contribution < 1.29 is 17.5 Å². The summed E-state index contributed by atoms with van der Waals surface area (Å²) in [5.74, 6) is 0.381. The van der Waals surface area contributed by atoms with Gasteiger partial charge in [-0.05, 0) is 66.6 Å². The molecule has 3 aromatic rings. The van der Waals surface area contributed by atoms with E-state index in [0.717, 1.165) is 61.0 Å². The average Bonchev–Trinajstić information content (AvgIpc) is 3.63. The molecule has 0 bridgehead atoms. The van der Waals surface area contributed by atoms with Gasteiger partial charge < -0.3 is 14.5 Å². The van der Waals surface area contributed by atoms with Crippen molar-refractivity contribution in [1.29, 1.82) is 0 Å². The average molecular weight is 484 g/mol. The van der Waals surface area contributed by atoms with Crippen molar-refractivity contribution in [3.05, 3.63) is 66.0 Å². The molecule has 3 aromatic carbocycles. The molecule has 0 spiro atoms. The van der Waals surface area contributed by atoms with Crippen LogP contribution in [0.1, 0.15) is 18.4 Å². The van der Waals surface area contributed by atoms with Crippen molar-refractivity contribution in [3.8, 4) is 5.75 Å². The molecule has 0 aromatic heterocycles. The van der Waals surface area contributed by atoms with E-state index in [1.807, 2.05) is 18.2 Å². The maximum Gasteiger partial charge on any atom is 0.240 e. The van der Waals surface area contributed by atoms with Crippen LogP contribution in [0, 0.1) is 5.82 Å². The predicted molar refractivity (Wildman–Crippen MR) is 133 cm³/mol. The minimum atomic E-state index is -3.74. The molecule has 1 aliphatic heterocycles. The van der Waals surface area contributed by atoms with Crippen LogP contribution in [0.2, 0.25) is 0 Å². The molecular weight excluding hydrogens is 453 g/mol. The maximum atomic E-state index is 14.0. The summed E-state index contributed by atoms with van der Waals surface area (Å²) in [5, 5.41) is 1.81. The number of ether oxygens (including phenoxy) is 1. The summed E-state index contributed by atoms with van der Waals surface area (Å²) in [7, 11) is -0.0534. The SMILES string of the molecule is COc1ccc(S(=O)(=O)NCC2(c3cccc4ccc(F)cc34)CC2)cc1N1CCN(C)CC1. The summed E-state index contributed by atoms with van der Waals surface area (Å²) in [4.78, 5) is 4.64. The molecule has 0 unspecified atom stereocenters. The lowest BCUT2D eigenvalue weighted by Crippen LogP contribution is -2.44. The fraction of sp³-hybridized carbons (Fsp3) is 0.385. The fourth-order valence-corrected chi connectivity index (χ4v) is 5.99. The van der Waals surface area contributed by atoms with Crippen molar-refractivity contribution >= 4 is 26.5 Å². The van der Waals surface area contributed by atoms with Gasteiger partial charge >= 0.3 is 0 Å². The smallest absolute Gasteiger partial charge is 0.240 e. The van der Waals surface area contributed by atoms with Crippen molar-refractivity contribution in [3.63, 3.8) is 0 Å². The first kappa shape index (κ1) is 23.1. The Kier molecular flexibility index (Phi) is 6.00. The van der Waals surface area contributed by atoms with Gasteiger partial charge in [0.15, 0.2) is 0 Å². The molecule has 2 aliphatic rings. The second-order valence-electron chi connectivity index (χ2n) is 9.40. The highest BCUT2D eigenvalue weighted by Crippen LogP contribution is 2.50. The molecular formula is C26H30FN3O3S. The molecule has 1 N–H and O–H groups in total. The number of fused-ring (bicyclic) bond motifs is 1. The molecule has 5 rings (SSSR count). The number of nitrogens with zero attached hydrogens (tertiary/aromatic N) is 2. The second-order valence-corrected chi connectivity index (χ2v) is 11.2. The van der Waals surface area contributed by atoms with Crippen LogP contribution in [-0.2, 0) is 15.4 Å². The van der Waals surface area contributed by atoms with Crippen LogP contribution in [0.5, 0.6) is 5.75 Å². The van der Waals surface area contributed by atoms with Gasteiger partial charge in [-0.15, -0.1) is 0 Å². The van der Waals surface area contributed by atoms with E-state index in [-0.39, 0.29) is 22.7 Å². The molecule has 0 radical (unpaired) electrons. The third kappa shape index (κ3) is 4.37. The first-order chi connectivity index (χ1) is 16.3. The van der Waals surface area contributed by atoms with Gasteiger partial charge in [-0.25, -0.2) is 17.5 Å². The molecule has 2 fully saturated rings. The van der Waals surface area contributed by atoms with Gasteiger partial charge in [-0.1, -0.05) is 24.3 Å². The number of methoxy groups -OCH3 is 1. The van der Waals surface area contributed by atoms with Crippen LogP contribution < -0.4 is 14.4 Å². The number of halogens is 1. The number of sulfonamides is 1. The zero-order chi connectivity index (χ0) is 23.9. The van der Waals surface area contributed by atoms with E-state index in [2.05, 4.69) is 21.6 Å². The van der Waals surface area contributed by atoms with E-state index < -0.39 is 10.0 Å². The van der Waals surface area contributed by atoms with Gasteiger partial charge in [-0.3, -0.25) is 0 Å². The zero-order valence-electron chi connectivity index (χ0n) is 19.6. The Morgan fingerprint density at radius 1 is 1.03 bits per heavy atom. The molecule has 1 aliphatic carbocycles. The quantitative estimate of drug-likeness (QED) is 0.555. The van der Waals surface area contributed by atoms with Crippen LogP contribution >= 0.6 is 0 Å². The summed E-state index contributed by atoms with van der Waals surface area (Å²) >= 11 is 0. The fourth-order valence-electron chi connectivity index (χ4n) is 4.85. The summed E-state index contributed by atoms with van der Waals surface area (Å²) < 4.78 is 48.9. The van der Waals surface area contributed by atoms with E-state index in [1.54, 1.807) is 37.4 Å². The monoisotopic (exact) mass is 483 g/mol. The summed E-state index contributed by atoms with van der Waals surface area (Å²) in [6.07, 6.45) is 1.72. The van der Waals surface area contributed by atoms with E-state index in [9.17, 15) is 12.8 Å². The van der Waals surface area contributed by atoms with Crippen LogP contribution in [-0.4, -0.2) is 60.2 Å². The zero-order valence-corrected chi connectivity index (χ0v) is 20.4. The minimum Gasteiger partial charge on any atom is -0.495 e. The number of likely N-dealkylation sites (N-methyl/N-ethyl adjacent to an activating group) is 1. The Bertz CT molecular complexity index is 1320. The molecule has 1 saturated heterocycles. The van der Waals surface area contributed by atoms with Crippen molar-refractivity contribution in [2.75, 3.05) is 51.8 Å². The van der Waals surface area contributed by atoms with E-state index in [4.69, 9.17) is 4.74 Å². The number of piperazine rings is 1. The standard InChI is InChI=1S/C26H30FN3O3S/c1-29-12-14-30(15-13-29)24-17-21(8-9-25(24)33-2)34(31,32)28-18-26(10-11-26)23-5-3-4-19-6-7-20(27)16-22(19)23/h3-9,16-17,28H,10-15,18H2,1-2H3. The lowest BCUT2D eigenvalue weighted by atomic mass is 9.91. The molecule has 8 heteroatoms. The number of hydrogen-bond acceptors (Lipinski definition) is 5. The highest BCUT2D eigenvalue weighted by atomic mass is 32.2. The molecule has 180 valence electrons. The number of anilines is 1. The minimum absolute atomic E-state index is 0.224. The Morgan fingerprint density at radius 3 is 2.50 bits per heavy atom. The number of rotatable bonds is 7. The highest BCUT2D eigenvalue weighted by molar-refractivity contribution is 7.89. The van der Waals surface area contributed by atoms with Crippen LogP contribution in [0.3, 0.4) is 0 Å². The Balaban J connectivity index is 1.40. The maximum absolute atomic E-state index is 14.0. The lowest BCUT2D eigenvalue weighted by Gasteiger charge is -2.34. The first-order valence-corrected chi connectivity index (χ1v) is 13.1. The molecule has 0 amide bonds. The molecule has 6 nitrogen and oxygen atoms in total. The third-order valence-electron chi connectivity index (χ3n) is 7.17. The van der Waals surface area contributed by atoms with Crippen LogP contribution in [0.4, 0.5) is 10.1 Å². The molecule has 1 saturated carbocycles. The lowest BCUT2D eigenvalue weighted by molar-refractivity contribution is 0.311. The topological polar surface area (TPSA) is 61.9 Å². The number of benzene rings is 3. The third-order valence-corrected chi connectivity index (χ3v) is 8.57. The van der Waals surface area contributed by atoms with Crippen LogP contribution in [0.25, 0.3) is 10.8 Å². The van der Waals surface area contributed by atoms with E-state index in [1.165, 1.54) is 6.07 Å². The van der Waals surface area contributed by atoms with Crippen molar-refractivity contribution in [2.45, 2.75) is 23.2 Å². The second kappa shape index (κ2) is 8.83. The van der Waals surface area contributed by atoms with E-state index in [0.29, 0.717) is 5.75 Å². The van der Waals surface area contributed by atoms with Gasteiger partial charge in [-0.2, -0.15) is 0 Å². The summed E-state index contributed by atoms with van der Waals surface area (Å²) in [6.45, 7) is 3.72. The Hall–Kier alpha value is -2.68. The normalized spacial score (nSPS) is 18.3. The first-order valence-electron chi connectivity index (χ1n) is 11.6. The Labute approximate surface area is 200 Å². The summed E-state index contributed by atoms with van der Waals surface area (Å²) in [5.41, 5.74) is 1.48. The van der Waals surface area contributed by atoms with Crippen molar-refractivity contribution in [2.24, 2.45) is 0 Å². The highest BCUT2D eigenvalue weighted by Gasteiger charge is 2.45. The molecule has 34 heavy (non-hydrogen) atoms. The van der Waals surface area contributed by atoms with Gasteiger partial charge in [0, 0.05) is 38.1 Å². The largest absolute Gasteiger partial charge is 0.495 e. The Morgan fingerprint density at radius 2 is 1.79 bits per heavy atom. The van der Waals surface area contributed by atoms with Crippen LogP contribution in [0.15, 0.2) is 59.5 Å². The van der Waals surface area contributed by atoms with Gasteiger partial charge in [0.2, 0.25) is 10.0 Å². The molecule has 0 atom stereocenters. The van der Waals surface area contributed by atoms with Gasteiger partial charge in [0.05, 0.1) is 17.7 Å². The van der Waals surface area contributed by atoms with Gasteiger partial charge in [0.1, 0.15) is 11.6 Å². The number of nitrogens with one attached hydrogen (secondary N) is 1. The number of hydrogen-bond donors (Lipinski definition) is 1. The predicted octanol–water partition coefficient (Wildman–Crippen LogP) is 3.75. The van der Waals surface area contributed by atoms with E-state index >= 15 is 0 Å².